The van der Waals surface area contributed by atoms with E-state index in [1.807, 2.05) is 13.0 Å². The van der Waals surface area contributed by atoms with Crippen molar-refractivity contribution in [2.75, 3.05) is 0 Å². The predicted octanol–water partition coefficient (Wildman–Crippen LogP) is 2.87. The summed E-state index contributed by atoms with van der Waals surface area (Å²) in [6.07, 6.45) is 5.00. The van der Waals surface area contributed by atoms with Gasteiger partial charge < -0.3 is 0 Å². The highest BCUT2D eigenvalue weighted by atomic mass is 32.2. The average Bonchev–Trinajstić information content (AvgIpc) is 2.38. The van der Waals surface area contributed by atoms with Crippen LogP contribution in [0.25, 0.3) is 0 Å². The van der Waals surface area contributed by atoms with Crippen molar-refractivity contribution < 1.29 is 8.42 Å². The summed E-state index contributed by atoms with van der Waals surface area (Å²) in [4.78, 5) is 0.211. The zero-order valence-electron chi connectivity index (χ0n) is 11.9. The number of nitrogens with zero attached hydrogens (tertiary/aromatic N) is 1. The van der Waals surface area contributed by atoms with Gasteiger partial charge >= 0.3 is 0 Å². The zero-order valence-corrected chi connectivity index (χ0v) is 12.8. The van der Waals surface area contributed by atoms with Gasteiger partial charge in [-0.25, -0.2) is 13.1 Å². The van der Waals surface area contributed by atoms with Gasteiger partial charge in [-0.1, -0.05) is 25.3 Å². The lowest BCUT2D eigenvalue weighted by Crippen LogP contribution is -2.47. The Morgan fingerprint density at radius 3 is 2.50 bits per heavy atom. The van der Waals surface area contributed by atoms with E-state index in [9.17, 15) is 8.42 Å². The molecule has 5 heteroatoms. The van der Waals surface area contributed by atoms with E-state index < -0.39 is 10.0 Å². The maximum Gasteiger partial charge on any atom is 0.241 e. The van der Waals surface area contributed by atoms with Crippen LogP contribution in [0.4, 0.5) is 0 Å². The van der Waals surface area contributed by atoms with Crippen molar-refractivity contribution in [3.8, 4) is 6.07 Å². The molecule has 1 saturated carbocycles. The molecule has 1 aromatic rings. The molecule has 0 saturated heterocycles. The number of hydrogen-bond donors (Lipinski definition) is 1. The van der Waals surface area contributed by atoms with Crippen LogP contribution in [0.15, 0.2) is 23.1 Å². The Bertz CT molecular complexity index is 638. The third-order valence-corrected chi connectivity index (χ3v) is 5.73. The van der Waals surface area contributed by atoms with Gasteiger partial charge in [-0.15, -0.1) is 0 Å². The van der Waals surface area contributed by atoms with Gasteiger partial charge in [0.25, 0.3) is 0 Å². The molecule has 20 heavy (non-hydrogen) atoms. The number of rotatable bonds is 3. The molecule has 1 fully saturated rings. The Kier molecular flexibility index (Phi) is 4.17. The van der Waals surface area contributed by atoms with Crippen molar-refractivity contribution in [3.63, 3.8) is 0 Å². The Morgan fingerprint density at radius 2 is 1.90 bits per heavy atom. The van der Waals surface area contributed by atoms with Crippen molar-refractivity contribution in [1.29, 1.82) is 5.26 Å². The molecule has 1 aliphatic carbocycles. The standard InChI is InChI=1S/C15H20N2O2S/c1-12-6-7-13(11-16)10-14(12)20(18,19)17-15(2)8-4-3-5-9-15/h6-7,10,17H,3-5,8-9H2,1-2H3. The molecule has 0 radical (unpaired) electrons. The fourth-order valence-electron chi connectivity index (χ4n) is 2.77. The highest BCUT2D eigenvalue weighted by Gasteiger charge is 2.32. The first-order valence-electron chi connectivity index (χ1n) is 6.91. The van der Waals surface area contributed by atoms with Crippen molar-refractivity contribution in [2.24, 2.45) is 0 Å². The van der Waals surface area contributed by atoms with Gasteiger partial charge in [0.2, 0.25) is 10.0 Å². The van der Waals surface area contributed by atoms with Crippen molar-refractivity contribution in [1.82, 2.24) is 4.72 Å². The third kappa shape index (κ3) is 3.20. The summed E-state index contributed by atoms with van der Waals surface area (Å²) in [7, 11) is -3.58. The first kappa shape index (κ1) is 15.0. The van der Waals surface area contributed by atoms with Gasteiger partial charge in [0.15, 0.2) is 0 Å². The van der Waals surface area contributed by atoms with Gasteiger partial charge in [0, 0.05) is 5.54 Å². The summed E-state index contributed by atoms with van der Waals surface area (Å²) in [5, 5.41) is 8.93. The minimum atomic E-state index is -3.58. The fourth-order valence-corrected chi connectivity index (χ4v) is 4.51. The van der Waals surface area contributed by atoms with E-state index in [1.54, 1.807) is 19.1 Å². The van der Waals surface area contributed by atoms with Gasteiger partial charge in [-0.05, 0) is 44.4 Å². The van der Waals surface area contributed by atoms with Gasteiger partial charge in [0.1, 0.15) is 0 Å². The molecule has 2 rings (SSSR count). The zero-order chi connectivity index (χ0) is 14.8. The van der Waals surface area contributed by atoms with Crippen LogP contribution in [0.2, 0.25) is 0 Å². The van der Waals surface area contributed by atoms with E-state index in [-0.39, 0.29) is 10.4 Å². The highest BCUT2D eigenvalue weighted by molar-refractivity contribution is 7.89. The van der Waals surface area contributed by atoms with E-state index >= 15 is 0 Å². The second kappa shape index (κ2) is 5.55. The van der Waals surface area contributed by atoms with Crippen LogP contribution in [0.1, 0.15) is 50.2 Å². The maximum atomic E-state index is 12.6. The van der Waals surface area contributed by atoms with Crippen LogP contribution >= 0.6 is 0 Å². The topological polar surface area (TPSA) is 70.0 Å². The first-order valence-corrected chi connectivity index (χ1v) is 8.39. The SMILES string of the molecule is Cc1ccc(C#N)cc1S(=O)(=O)NC1(C)CCCCC1. The number of sulfonamides is 1. The molecule has 108 valence electrons. The summed E-state index contributed by atoms with van der Waals surface area (Å²) in [6, 6.07) is 6.75. The molecule has 1 aliphatic rings. The van der Waals surface area contributed by atoms with Crippen molar-refractivity contribution >= 4 is 10.0 Å². The van der Waals surface area contributed by atoms with Gasteiger partial charge in [-0.3, -0.25) is 0 Å². The molecule has 0 bridgehead atoms. The average molecular weight is 292 g/mol. The number of aryl methyl sites for hydroxylation is 1. The fraction of sp³-hybridized carbons (Fsp3) is 0.533. The summed E-state index contributed by atoms with van der Waals surface area (Å²) >= 11 is 0. The quantitative estimate of drug-likeness (QED) is 0.931. The van der Waals surface area contributed by atoms with Crippen LogP contribution in [-0.4, -0.2) is 14.0 Å². The second-order valence-electron chi connectivity index (χ2n) is 5.82. The molecular formula is C15H20N2O2S. The number of hydrogen-bond acceptors (Lipinski definition) is 3. The number of nitrogens with one attached hydrogen (secondary N) is 1. The third-order valence-electron chi connectivity index (χ3n) is 3.94. The molecule has 1 aromatic carbocycles. The molecule has 4 nitrogen and oxygen atoms in total. The van der Waals surface area contributed by atoms with E-state index in [2.05, 4.69) is 4.72 Å². The van der Waals surface area contributed by atoms with E-state index in [0.29, 0.717) is 11.1 Å². The van der Waals surface area contributed by atoms with Crippen LogP contribution in [0.3, 0.4) is 0 Å². The van der Waals surface area contributed by atoms with Gasteiger partial charge in [-0.2, -0.15) is 5.26 Å². The van der Waals surface area contributed by atoms with E-state index in [4.69, 9.17) is 5.26 Å². The van der Waals surface area contributed by atoms with Crippen LogP contribution < -0.4 is 4.72 Å². The molecule has 0 aliphatic heterocycles. The normalized spacial score (nSPS) is 18.4. The smallest absolute Gasteiger partial charge is 0.207 e. The second-order valence-corrected chi connectivity index (χ2v) is 7.47. The minimum absolute atomic E-state index is 0.211. The molecule has 0 atom stereocenters. The molecular weight excluding hydrogens is 272 g/mol. The summed E-state index contributed by atoms with van der Waals surface area (Å²) in [5.41, 5.74) is 0.660. The molecule has 1 N–H and O–H groups in total. The van der Waals surface area contributed by atoms with Crippen LogP contribution in [0, 0.1) is 18.3 Å². The lowest BCUT2D eigenvalue weighted by atomic mass is 9.84. The Hall–Kier alpha value is -1.38. The molecule has 0 unspecified atom stereocenters. The van der Waals surface area contributed by atoms with Crippen molar-refractivity contribution in [3.05, 3.63) is 29.3 Å². The summed E-state index contributed by atoms with van der Waals surface area (Å²) in [5.74, 6) is 0. The Morgan fingerprint density at radius 1 is 1.25 bits per heavy atom. The molecule has 0 aromatic heterocycles. The van der Waals surface area contributed by atoms with E-state index in [1.165, 1.54) is 12.5 Å². The summed E-state index contributed by atoms with van der Waals surface area (Å²) < 4.78 is 28.0. The molecule has 0 spiro atoms. The first-order chi connectivity index (χ1) is 9.36. The lowest BCUT2D eigenvalue weighted by molar-refractivity contribution is 0.294. The Balaban J connectivity index is 2.33. The largest absolute Gasteiger partial charge is 0.241 e. The van der Waals surface area contributed by atoms with E-state index in [0.717, 1.165) is 25.7 Å². The highest BCUT2D eigenvalue weighted by Crippen LogP contribution is 2.30. The van der Waals surface area contributed by atoms with Crippen LogP contribution in [-0.2, 0) is 10.0 Å². The maximum absolute atomic E-state index is 12.6. The number of nitriles is 1. The van der Waals surface area contributed by atoms with Gasteiger partial charge in [0.05, 0.1) is 16.5 Å². The van der Waals surface area contributed by atoms with Crippen LogP contribution in [0.5, 0.6) is 0 Å². The Labute approximate surface area is 120 Å². The molecule has 0 amide bonds. The van der Waals surface area contributed by atoms with Crippen molar-refractivity contribution in [2.45, 2.75) is 56.4 Å². The monoisotopic (exact) mass is 292 g/mol. The summed E-state index contributed by atoms with van der Waals surface area (Å²) in [6.45, 7) is 3.71. The minimum Gasteiger partial charge on any atom is -0.207 e. The molecule has 0 heterocycles. The predicted molar refractivity (Wildman–Crippen MR) is 77.7 cm³/mol. The lowest BCUT2D eigenvalue weighted by Gasteiger charge is -2.34. The number of benzene rings is 1.